The maximum Gasteiger partial charge on any atom is 0.220 e. The van der Waals surface area contributed by atoms with Crippen LogP contribution in [0.2, 0.25) is 0 Å². The Kier molecular flexibility index (Phi) is 5.76. The van der Waals surface area contributed by atoms with E-state index in [0.717, 1.165) is 50.7 Å². The van der Waals surface area contributed by atoms with E-state index in [1.54, 1.807) is 0 Å². The van der Waals surface area contributed by atoms with E-state index >= 15 is 0 Å². The van der Waals surface area contributed by atoms with Gasteiger partial charge in [0.25, 0.3) is 0 Å². The molecule has 0 bridgehead atoms. The van der Waals surface area contributed by atoms with Gasteiger partial charge in [0.2, 0.25) is 5.91 Å². The molecule has 1 aromatic heterocycles. The van der Waals surface area contributed by atoms with Gasteiger partial charge in [0.15, 0.2) is 0 Å². The van der Waals surface area contributed by atoms with Crippen LogP contribution in [-0.2, 0) is 23.0 Å². The second-order valence-electron chi connectivity index (χ2n) is 5.58. The first-order valence-corrected chi connectivity index (χ1v) is 7.64. The first kappa shape index (κ1) is 16.0. The number of hydrogen-bond acceptors (Lipinski definition) is 4. The van der Waals surface area contributed by atoms with Crippen molar-refractivity contribution in [2.45, 2.75) is 26.7 Å². The molecule has 0 spiro atoms. The van der Waals surface area contributed by atoms with Gasteiger partial charge in [0, 0.05) is 45.3 Å². The summed E-state index contributed by atoms with van der Waals surface area (Å²) in [5.74, 6) is 0.117. The van der Waals surface area contributed by atoms with Crippen LogP contribution in [0.3, 0.4) is 0 Å². The summed E-state index contributed by atoms with van der Waals surface area (Å²) in [5.41, 5.74) is 3.37. The van der Waals surface area contributed by atoms with Gasteiger partial charge >= 0.3 is 0 Å². The van der Waals surface area contributed by atoms with Crippen molar-refractivity contribution in [3.8, 4) is 0 Å². The normalized spacial score (nSPS) is 16.1. The summed E-state index contributed by atoms with van der Waals surface area (Å²) in [6.07, 6.45) is 1.28. The highest BCUT2D eigenvalue weighted by Crippen LogP contribution is 2.13. The Morgan fingerprint density at radius 2 is 2.05 bits per heavy atom. The maximum atomic E-state index is 11.9. The van der Waals surface area contributed by atoms with Gasteiger partial charge in [-0.3, -0.25) is 14.4 Å². The van der Waals surface area contributed by atoms with E-state index < -0.39 is 0 Å². The summed E-state index contributed by atoms with van der Waals surface area (Å²) in [6.45, 7) is 9.18. The minimum absolute atomic E-state index is 0.117. The van der Waals surface area contributed by atoms with E-state index in [1.807, 2.05) is 25.6 Å². The number of nitrogens with one attached hydrogen (secondary N) is 1. The summed E-state index contributed by atoms with van der Waals surface area (Å²) >= 11 is 0. The number of carbonyl (C=O) groups excluding carboxylic acids is 1. The van der Waals surface area contributed by atoms with Crippen LogP contribution in [0.1, 0.15) is 23.4 Å². The molecule has 0 radical (unpaired) electrons. The zero-order chi connectivity index (χ0) is 15.2. The zero-order valence-corrected chi connectivity index (χ0v) is 13.3. The van der Waals surface area contributed by atoms with Crippen LogP contribution >= 0.6 is 0 Å². The maximum absolute atomic E-state index is 11.9. The molecule has 6 nitrogen and oxygen atoms in total. The number of nitrogens with zero attached hydrogens (tertiary/aromatic N) is 3. The highest BCUT2D eigenvalue weighted by Gasteiger charge is 2.12. The van der Waals surface area contributed by atoms with Crippen molar-refractivity contribution in [3.63, 3.8) is 0 Å². The Balaban J connectivity index is 1.67. The summed E-state index contributed by atoms with van der Waals surface area (Å²) in [6, 6.07) is 0. The number of rotatable bonds is 6. The molecular weight excluding hydrogens is 268 g/mol. The van der Waals surface area contributed by atoms with Crippen LogP contribution in [0, 0.1) is 13.8 Å². The molecule has 21 heavy (non-hydrogen) atoms. The lowest BCUT2D eigenvalue weighted by molar-refractivity contribution is -0.121. The van der Waals surface area contributed by atoms with Crippen molar-refractivity contribution in [1.82, 2.24) is 20.0 Å². The van der Waals surface area contributed by atoms with Crippen molar-refractivity contribution < 1.29 is 9.53 Å². The Morgan fingerprint density at radius 1 is 1.33 bits per heavy atom. The van der Waals surface area contributed by atoms with Crippen LogP contribution in [-0.4, -0.2) is 60.0 Å². The third-order valence-electron chi connectivity index (χ3n) is 4.11. The topological polar surface area (TPSA) is 59.4 Å². The number of aryl methyl sites for hydroxylation is 2. The molecule has 1 amide bonds. The molecule has 1 N–H and O–H groups in total. The number of amides is 1. The minimum Gasteiger partial charge on any atom is -0.379 e. The van der Waals surface area contributed by atoms with E-state index in [-0.39, 0.29) is 5.91 Å². The number of morpholine rings is 1. The molecule has 1 aromatic rings. The van der Waals surface area contributed by atoms with E-state index in [0.29, 0.717) is 13.0 Å². The standard InChI is InChI=1S/C15H26N4O2/c1-12-14(13(2)18(3)17-12)4-5-15(20)16-6-7-19-8-10-21-11-9-19/h4-11H2,1-3H3,(H,16,20). The molecule has 0 unspecified atom stereocenters. The molecule has 0 saturated carbocycles. The van der Waals surface area contributed by atoms with Crippen molar-refractivity contribution >= 4 is 5.91 Å². The van der Waals surface area contributed by atoms with Crippen molar-refractivity contribution in [2.24, 2.45) is 7.05 Å². The smallest absolute Gasteiger partial charge is 0.220 e. The van der Waals surface area contributed by atoms with Crippen LogP contribution in [0.5, 0.6) is 0 Å². The molecule has 1 fully saturated rings. The van der Waals surface area contributed by atoms with Gasteiger partial charge in [-0.2, -0.15) is 5.10 Å². The second-order valence-corrected chi connectivity index (χ2v) is 5.58. The van der Waals surface area contributed by atoms with E-state index in [4.69, 9.17) is 4.74 Å². The molecule has 6 heteroatoms. The predicted molar refractivity (Wildman–Crippen MR) is 81.3 cm³/mol. The summed E-state index contributed by atoms with van der Waals surface area (Å²) in [5, 5.41) is 7.38. The lowest BCUT2D eigenvalue weighted by atomic mass is 10.1. The van der Waals surface area contributed by atoms with Gasteiger partial charge in [-0.05, 0) is 25.8 Å². The van der Waals surface area contributed by atoms with Crippen LogP contribution in [0.25, 0.3) is 0 Å². The highest BCUT2D eigenvalue weighted by atomic mass is 16.5. The quantitative estimate of drug-likeness (QED) is 0.826. The average molecular weight is 294 g/mol. The zero-order valence-electron chi connectivity index (χ0n) is 13.3. The minimum atomic E-state index is 0.117. The van der Waals surface area contributed by atoms with Gasteiger partial charge in [-0.25, -0.2) is 0 Å². The van der Waals surface area contributed by atoms with Gasteiger partial charge in [-0.15, -0.1) is 0 Å². The number of hydrogen-bond donors (Lipinski definition) is 1. The molecule has 0 aliphatic carbocycles. The Labute approximate surface area is 126 Å². The van der Waals surface area contributed by atoms with Gasteiger partial charge in [0.05, 0.1) is 18.9 Å². The summed E-state index contributed by atoms with van der Waals surface area (Å²) < 4.78 is 7.18. The fourth-order valence-corrected chi connectivity index (χ4v) is 2.68. The second kappa shape index (κ2) is 7.56. The van der Waals surface area contributed by atoms with Gasteiger partial charge in [0.1, 0.15) is 0 Å². The molecule has 1 aliphatic heterocycles. The lowest BCUT2D eigenvalue weighted by Gasteiger charge is -2.26. The van der Waals surface area contributed by atoms with Crippen LogP contribution in [0.4, 0.5) is 0 Å². The van der Waals surface area contributed by atoms with Crippen LogP contribution < -0.4 is 5.32 Å². The Morgan fingerprint density at radius 3 is 2.67 bits per heavy atom. The number of aromatic nitrogens is 2. The van der Waals surface area contributed by atoms with Gasteiger partial charge < -0.3 is 10.1 Å². The van der Waals surface area contributed by atoms with E-state index in [2.05, 4.69) is 15.3 Å². The molecule has 1 aliphatic rings. The van der Waals surface area contributed by atoms with Crippen molar-refractivity contribution in [2.75, 3.05) is 39.4 Å². The Hall–Kier alpha value is -1.40. The third-order valence-corrected chi connectivity index (χ3v) is 4.11. The highest BCUT2D eigenvalue weighted by molar-refractivity contribution is 5.76. The molecule has 118 valence electrons. The molecule has 2 rings (SSSR count). The summed E-state index contributed by atoms with van der Waals surface area (Å²) in [7, 11) is 1.94. The fraction of sp³-hybridized carbons (Fsp3) is 0.733. The number of carbonyl (C=O) groups is 1. The number of ether oxygens (including phenoxy) is 1. The third kappa shape index (κ3) is 4.54. The molecule has 0 atom stereocenters. The first-order chi connectivity index (χ1) is 10.1. The van der Waals surface area contributed by atoms with E-state index in [9.17, 15) is 4.79 Å². The SMILES string of the molecule is Cc1nn(C)c(C)c1CCC(=O)NCCN1CCOCC1. The predicted octanol–water partition coefficient (Wildman–Crippen LogP) is 0.418. The van der Waals surface area contributed by atoms with Crippen molar-refractivity contribution in [1.29, 1.82) is 0 Å². The largest absolute Gasteiger partial charge is 0.379 e. The molecular formula is C15H26N4O2. The molecule has 1 saturated heterocycles. The fourth-order valence-electron chi connectivity index (χ4n) is 2.68. The molecule has 2 heterocycles. The monoisotopic (exact) mass is 294 g/mol. The van der Waals surface area contributed by atoms with Crippen molar-refractivity contribution in [3.05, 3.63) is 17.0 Å². The average Bonchev–Trinajstić information content (AvgIpc) is 2.71. The van der Waals surface area contributed by atoms with E-state index in [1.165, 1.54) is 5.56 Å². The molecule has 0 aromatic carbocycles. The van der Waals surface area contributed by atoms with Crippen LogP contribution in [0.15, 0.2) is 0 Å². The lowest BCUT2D eigenvalue weighted by Crippen LogP contribution is -2.41. The van der Waals surface area contributed by atoms with Gasteiger partial charge in [-0.1, -0.05) is 0 Å². The summed E-state index contributed by atoms with van der Waals surface area (Å²) in [4.78, 5) is 14.2. The first-order valence-electron chi connectivity index (χ1n) is 7.64. The Bertz CT molecular complexity index is 478.